The van der Waals surface area contributed by atoms with Crippen LogP contribution >= 0.6 is 0 Å². The molecule has 6 nitrogen and oxygen atoms in total. The number of benzene rings is 1. The molecule has 0 bridgehead atoms. The molecule has 1 aromatic carbocycles. The predicted molar refractivity (Wildman–Crippen MR) is 88.3 cm³/mol. The van der Waals surface area contributed by atoms with E-state index in [4.69, 9.17) is 0 Å². The zero-order valence-corrected chi connectivity index (χ0v) is 13.4. The van der Waals surface area contributed by atoms with Gasteiger partial charge in [0.2, 0.25) is 5.95 Å². The largest absolute Gasteiger partial charge is 0.363 e. The van der Waals surface area contributed by atoms with E-state index in [0.717, 1.165) is 11.5 Å². The third kappa shape index (κ3) is 4.91. The van der Waals surface area contributed by atoms with Crippen LogP contribution in [-0.4, -0.2) is 43.1 Å². The Morgan fingerprint density at radius 3 is 2.52 bits per heavy atom. The molecular weight excluding hydrogens is 297 g/mol. The second-order valence-electron chi connectivity index (χ2n) is 5.28. The summed E-state index contributed by atoms with van der Waals surface area (Å²) in [5.74, 6) is 0.725. The number of amides is 1. The summed E-state index contributed by atoms with van der Waals surface area (Å²) in [5, 5.41) is 5.82. The van der Waals surface area contributed by atoms with Crippen LogP contribution in [0.3, 0.4) is 0 Å². The SMILES string of the molecule is Cc1cc(N(C)C)nc(NCCNC(=O)c2ccc(F)cc2)n1. The molecule has 1 aromatic heterocycles. The van der Waals surface area contributed by atoms with Gasteiger partial charge in [-0.1, -0.05) is 0 Å². The molecule has 0 spiro atoms. The monoisotopic (exact) mass is 317 g/mol. The molecule has 122 valence electrons. The summed E-state index contributed by atoms with van der Waals surface area (Å²) in [4.78, 5) is 22.4. The zero-order chi connectivity index (χ0) is 16.8. The van der Waals surface area contributed by atoms with E-state index in [1.165, 1.54) is 24.3 Å². The molecule has 0 saturated heterocycles. The van der Waals surface area contributed by atoms with Crippen LogP contribution in [0.25, 0.3) is 0 Å². The molecule has 0 aliphatic heterocycles. The first-order valence-electron chi connectivity index (χ1n) is 7.26. The van der Waals surface area contributed by atoms with Crippen molar-refractivity contribution in [1.82, 2.24) is 15.3 Å². The molecule has 0 saturated carbocycles. The normalized spacial score (nSPS) is 10.3. The van der Waals surface area contributed by atoms with Crippen LogP contribution in [0.5, 0.6) is 0 Å². The Hall–Kier alpha value is -2.70. The van der Waals surface area contributed by atoms with E-state index in [1.807, 2.05) is 32.0 Å². The van der Waals surface area contributed by atoms with E-state index in [0.29, 0.717) is 24.6 Å². The van der Waals surface area contributed by atoms with Gasteiger partial charge in [0, 0.05) is 44.5 Å². The first-order valence-corrected chi connectivity index (χ1v) is 7.26. The van der Waals surface area contributed by atoms with Crippen LogP contribution in [0.15, 0.2) is 30.3 Å². The average molecular weight is 317 g/mol. The first-order chi connectivity index (χ1) is 11.0. The molecule has 0 atom stereocenters. The highest BCUT2D eigenvalue weighted by Gasteiger charge is 2.06. The summed E-state index contributed by atoms with van der Waals surface area (Å²) < 4.78 is 12.8. The number of rotatable bonds is 6. The third-order valence-corrected chi connectivity index (χ3v) is 3.10. The van der Waals surface area contributed by atoms with E-state index >= 15 is 0 Å². The summed E-state index contributed by atoms with van der Waals surface area (Å²) in [6.45, 7) is 2.80. The number of anilines is 2. The van der Waals surface area contributed by atoms with Crippen molar-refractivity contribution in [2.24, 2.45) is 0 Å². The van der Waals surface area contributed by atoms with Gasteiger partial charge in [-0.2, -0.15) is 4.98 Å². The number of carbonyl (C=O) groups is 1. The molecular formula is C16H20FN5O. The van der Waals surface area contributed by atoms with E-state index < -0.39 is 0 Å². The maximum Gasteiger partial charge on any atom is 0.251 e. The molecule has 1 heterocycles. The fourth-order valence-electron chi connectivity index (χ4n) is 1.91. The van der Waals surface area contributed by atoms with E-state index in [-0.39, 0.29) is 11.7 Å². The Bertz CT molecular complexity index is 673. The standard InChI is InChI=1S/C16H20FN5O/c1-11-10-14(22(2)3)21-16(20-11)19-9-8-18-15(23)12-4-6-13(17)7-5-12/h4-7,10H,8-9H2,1-3H3,(H,18,23)(H,19,20,21). The number of nitrogens with zero attached hydrogens (tertiary/aromatic N) is 3. The summed E-state index contributed by atoms with van der Waals surface area (Å²) in [6.07, 6.45) is 0. The number of aryl methyl sites for hydroxylation is 1. The third-order valence-electron chi connectivity index (χ3n) is 3.10. The van der Waals surface area contributed by atoms with Crippen LogP contribution < -0.4 is 15.5 Å². The Morgan fingerprint density at radius 2 is 1.87 bits per heavy atom. The summed E-state index contributed by atoms with van der Waals surface area (Å²) in [7, 11) is 3.82. The molecule has 0 fully saturated rings. The second kappa shape index (κ2) is 7.53. The highest BCUT2D eigenvalue weighted by atomic mass is 19.1. The highest BCUT2D eigenvalue weighted by Crippen LogP contribution is 2.11. The molecule has 1 amide bonds. The van der Waals surface area contributed by atoms with Gasteiger partial charge in [-0.05, 0) is 31.2 Å². The zero-order valence-electron chi connectivity index (χ0n) is 13.4. The van der Waals surface area contributed by atoms with Crippen molar-refractivity contribution in [3.63, 3.8) is 0 Å². The van der Waals surface area contributed by atoms with Crippen molar-refractivity contribution in [3.8, 4) is 0 Å². The average Bonchev–Trinajstić information content (AvgIpc) is 2.51. The fraction of sp³-hybridized carbons (Fsp3) is 0.312. The number of hydrogen-bond donors (Lipinski definition) is 2. The van der Waals surface area contributed by atoms with Crippen molar-refractivity contribution >= 4 is 17.7 Å². The number of carbonyl (C=O) groups excluding carboxylic acids is 1. The molecule has 0 aliphatic carbocycles. The lowest BCUT2D eigenvalue weighted by Gasteiger charge is -2.14. The molecule has 2 aromatic rings. The van der Waals surface area contributed by atoms with Gasteiger partial charge in [-0.3, -0.25) is 4.79 Å². The minimum absolute atomic E-state index is 0.244. The molecule has 2 rings (SSSR count). The van der Waals surface area contributed by atoms with Gasteiger partial charge < -0.3 is 15.5 Å². The van der Waals surface area contributed by atoms with Crippen LogP contribution in [0.4, 0.5) is 16.2 Å². The molecule has 0 aliphatic rings. The van der Waals surface area contributed by atoms with Crippen molar-refractivity contribution in [2.75, 3.05) is 37.4 Å². The van der Waals surface area contributed by atoms with Gasteiger partial charge in [0.05, 0.1) is 0 Å². The minimum Gasteiger partial charge on any atom is -0.363 e. The maximum absolute atomic E-state index is 12.8. The highest BCUT2D eigenvalue weighted by molar-refractivity contribution is 5.94. The Morgan fingerprint density at radius 1 is 1.17 bits per heavy atom. The Labute approximate surface area is 134 Å². The van der Waals surface area contributed by atoms with Gasteiger partial charge in [-0.25, -0.2) is 9.37 Å². The molecule has 7 heteroatoms. The first kappa shape index (κ1) is 16.7. The fourth-order valence-corrected chi connectivity index (χ4v) is 1.91. The van der Waals surface area contributed by atoms with Crippen LogP contribution in [0.2, 0.25) is 0 Å². The molecule has 0 unspecified atom stereocenters. The molecule has 23 heavy (non-hydrogen) atoms. The summed E-state index contributed by atoms with van der Waals surface area (Å²) in [5.41, 5.74) is 1.29. The van der Waals surface area contributed by atoms with Crippen molar-refractivity contribution in [1.29, 1.82) is 0 Å². The topological polar surface area (TPSA) is 70.2 Å². The summed E-state index contributed by atoms with van der Waals surface area (Å²) >= 11 is 0. The second-order valence-corrected chi connectivity index (χ2v) is 5.28. The number of hydrogen-bond acceptors (Lipinski definition) is 5. The quantitative estimate of drug-likeness (QED) is 0.796. The van der Waals surface area contributed by atoms with Crippen LogP contribution in [0.1, 0.15) is 16.1 Å². The smallest absolute Gasteiger partial charge is 0.251 e. The predicted octanol–water partition coefficient (Wildman–Crippen LogP) is 1.83. The number of aromatic nitrogens is 2. The van der Waals surface area contributed by atoms with Crippen LogP contribution in [0, 0.1) is 12.7 Å². The van der Waals surface area contributed by atoms with Crippen LogP contribution in [-0.2, 0) is 0 Å². The van der Waals surface area contributed by atoms with Crippen molar-refractivity contribution in [3.05, 3.63) is 47.4 Å². The Kier molecular flexibility index (Phi) is 5.46. The maximum atomic E-state index is 12.8. The lowest BCUT2D eigenvalue weighted by atomic mass is 10.2. The van der Waals surface area contributed by atoms with Gasteiger partial charge in [0.15, 0.2) is 0 Å². The van der Waals surface area contributed by atoms with Gasteiger partial charge in [0.25, 0.3) is 5.91 Å². The number of nitrogens with one attached hydrogen (secondary N) is 2. The van der Waals surface area contributed by atoms with Crippen molar-refractivity contribution in [2.45, 2.75) is 6.92 Å². The minimum atomic E-state index is -0.364. The summed E-state index contributed by atoms with van der Waals surface area (Å²) in [6, 6.07) is 7.31. The lowest BCUT2D eigenvalue weighted by molar-refractivity contribution is 0.0955. The molecule has 2 N–H and O–H groups in total. The lowest BCUT2D eigenvalue weighted by Crippen LogP contribution is -2.29. The van der Waals surface area contributed by atoms with E-state index in [9.17, 15) is 9.18 Å². The molecule has 0 radical (unpaired) electrons. The number of halogens is 1. The Balaban J connectivity index is 1.83. The van der Waals surface area contributed by atoms with E-state index in [1.54, 1.807) is 0 Å². The van der Waals surface area contributed by atoms with Gasteiger partial charge in [-0.15, -0.1) is 0 Å². The van der Waals surface area contributed by atoms with Crippen molar-refractivity contribution < 1.29 is 9.18 Å². The van der Waals surface area contributed by atoms with E-state index in [2.05, 4.69) is 20.6 Å². The van der Waals surface area contributed by atoms with Gasteiger partial charge >= 0.3 is 0 Å². The van der Waals surface area contributed by atoms with Gasteiger partial charge in [0.1, 0.15) is 11.6 Å².